The molecule has 1 atom stereocenters. The molecule has 50 heavy (non-hydrogen) atoms. The zero-order valence-corrected chi connectivity index (χ0v) is 33.4. The quantitative estimate of drug-likeness (QED) is 0.0426. The number of rotatable bonds is 40. The highest BCUT2D eigenvalue weighted by molar-refractivity contribution is 5.75. The van der Waals surface area contributed by atoms with Gasteiger partial charge >= 0.3 is 11.9 Å². The molecule has 0 saturated carbocycles. The van der Waals surface area contributed by atoms with Crippen molar-refractivity contribution in [1.29, 1.82) is 0 Å². The van der Waals surface area contributed by atoms with Gasteiger partial charge in [0.25, 0.3) is 0 Å². The average molecular weight is 713 g/mol. The molecule has 298 valence electrons. The van der Waals surface area contributed by atoms with Crippen LogP contribution in [0.3, 0.4) is 0 Å². The van der Waals surface area contributed by atoms with Gasteiger partial charge < -0.3 is 29.9 Å². The van der Waals surface area contributed by atoms with E-state index in [-0.39, 0.29) is 37.3 Å². The number of esters is 2. The Kier molecular flexibility index (Phi) is 38.0. The Labute approximate surface area is 309 Å². The van der Waals surface area contributed by atoms with Crippen LogP contribution in [-0.2, 0) is 19.1 Å². The molecule has 0 fully saturated rings. The number of carbonyl (C=O) groups is 2. The van der Waals surface area contributed by atoms with Crippen LogP contribution in [0, 0.1) is 0 Å². The monoisotopic (exact) mass is 713 g/mol. The van der Waals surface area contributed by atoms with E-state index in [4.69, 9.17) is 9.47 Å². The van der Waals surface area contributed by atoms with Crippen LogP contribution in [0.25, 0.3) is 0 Å². The van der Waals surface area contributed by atoms with E-state index in [1.807, 2.05) is 0 Å². The first kappa shape index (κ1) is 48.8. The lowest BCUT2D eigenvalue weighted by molar-refractivity contribution is -0.150. The van der Waals surface area contributed by atoms with Gasteiger partial charge in [0.1, 0.15) is 12.1 Å². The minimum atomic E-state index is -0.387. The molecule has 8 nitrogen and oxygen atoms in total. The summed E-state index contributed by atoms with van der Waals surface area (Å²) in [5.41, 5.74) is 0. The number of nitrogens with one attached hydrogen (secondary N) is 1. The van der Waals surface area contributed by atoms with E-state index in [2.05, 4.69) is 31.0 Å². The van der Waals surface area contributed by atoms with Crippen molar-refractivity contribution in [3.63, 3.8) is 0 Å². The topological polar surface area (TPSA) is 108 Å². The fourth-order valence-corrected chi connectivity index (χ4v) is 6.65. The van der Waals surface area contributed by atoms with Crippen LogP contribution < -0.4 is 5.32 Å². The summed E-state index contributed by atoms with van der Waals surface area (Å²) >= 11 is 0. The van der Waals surface area contributed by atoms with Crippen LogP contribution in [0.1, 0.15) is 201 Å². The summed E-state index contributed by atoms with van der Waals surface area (Å²) in [6.45, 7) is 9.87. The molecule has 0 heterocycles. The van der Waals surface area contributed by atoms with Crippen LogP contribution in [0.4, 0.5) is 0 Å². The van der Waals surface area contributed by atoms with Gasteiger partial charge in [-0.05, 0) is 64.5 Å². The van der Waals surface area contributed by atoms with Crippen molar-refractivity contribution in [3.8, 4) is 0 Å². The number of carbonyl (C=O) groups excluding carboxylic acids is 2. The van der Waals surface area contributed by atoms with Crippen LogP contribution >= 0.6 is 0 Å². The first-order chi connectivity index (χ1) is 24.5. The highest BCUT2D eigenvalue weighted by atomic mass is 16.5. The van der Waals surface area contributed by atoms with E-state index in [1.54, 1.807) is 0 Å². The fraction of sp³-hybridized carbons (Fsp3) is 0.952. The molecule has 0 aromatic heterocycles. The third-order valence-electron chi connectivity index (χ3n) is 9.83. The lowest BCUT2D eigenvalue weighted by atomic mass is 10.0. The van der Waals surface area contributed by atoms with Gasteiger partial charge in [0, 0.05) is 19.5 Å². The molecule has 8 heteroatoms. The molecular formula is C42H84N2O6. The third kappa shape index (κ3) is 32.7. The SMILES string of the molecule is CCCCCCCCCCOC(=O)C(CCCCCN(CCO)CCCC(=O)OC(CCCCCCCC)CCCCCCCC)NCCO. The van der Waals surface area contributed by atoms with Gasteiger partial charge in [0.05, 0.1) is 19.8 Å². The molecular weight excluding hydrogens is 628 g/mol. The summed E-state index contributed by atoms with van der Waals surface area (Å²) in [5.74, 6) is -0.289. The van der Waals surface area contributed by atoms with Crippen LogP contribution in [0.5, 0.6) is 0 Å². The molecule has 0 aliphatic rings. The smallest absolute Gasteiger partial charge is 0.323 e. The van der Waals surface area contributed by atoms with Crippen LogP contribution in [-0.4, -0.2) is 85.2 Å². The van der Waals surface area contributed by atoms with Gasteiger partial charge in [-0.15, -0.1) is 0 Å². The molecule has 0 aromatic rings. The van der Waals surface area contributed by atoms with Crippen molar-refractivity contribution in [2.24, 2.45) is 0 Å². The Morgan fingerprint density at radius 3 is 1.58 bits per heavy atom. The van der Waals surface area contributed by atoms with Crippen LogP contribution in [0.2, 0.25) is 0 Å². The van der Waals surface area contributed by atoms with E-state index >= 15 is 0 Å². The van der Waals surface area contributed by atoms with Crippen molar-refractivity contribution >= 4 is 11.9 Å². The largest absolute Gasteiger partial charge is 0.465 e. The Bertz CT molecular complexity index is 708. The van der Waals surface area contributed by atoms with Gasteiger partial charge in [-0.2, -0.15) is 0 Å². The molecule has 0 spiro atoms. The second kappa shape index (κ2) is 39.0. The summed E-state index contributed by atoms with van der Waals surface area (Å²) < 4.78 is 11.6. The predicted octanol–water partition coefficient (Wildman–Crippen LogP) is 9.67. The van der Waals surface area contributed by atoms with Crippen molar-refractivity contribution < 1.29 is 29.3 Å². The number of nitrogens with zero attached hydrogens (tertiary/aromatic N) is 1. The zero-order chi connectivity index (χ0) is 36.8. The molecule has 3 N–H and O–H groups in total. The lowest BCUT2D eigenvalue weighted by Crippen LogP contribution is -2.39. The van der Waals surface area contributed by atoms with Gasteiger partial charge in [0.15, 0.2) is 0 Å². The second-order valence-corrected chi connectivity index (χ2v) is 14.6. The minimum absolute atomic E-state index is 0.00954. The Morgan fingerprint density at radius 1 is 0.560 bits per heavy atom. The molecule has 0 aliphatic heterocycles. The Balaban J connectivity index is 4.44. The fourth-order valence-electron chi connectivity index (χ4n) is 6.65. The molecule has 1 unspecified atom stereocenters. The zero-order valence-electron chi connectivity index (χ0n) is 33.4. The summed E-state index contributed by atoms with van der Waals surface area (Å²) in [4.78, 5) is 27.8. The molecule has 0 aliphatic carbocycles. The highest BCUT2D eigenvalue weighted by Crippen LogP contribution is 2.18. The normalized spacial score (nSPS) is 12.2. The van der Waals surface area contributed by atoms with Gasteiger partial charge in [-0.25, -0.2) is 0 Å². The number of unbranched alkanes of at least 4 members (excludes halogenated alkanes) is 19. The highest BCUT2D eigenvalue weighted by Gasteiger charge is 2.19. The summed E-state index contributed by atoms with van der Waals surface area (Å²) in [5, 5.41) is 22.1. The maximum atomic E-state index is 12.8. The van der Waals surface area contributed by atoms with Gasteiger partial charge in [0.2, 0.25) is 0 Å². The summed E-state index contributed by atoms with van der Waals surface area (Å²) in [6, 6.07) is -0.387. The van der Waals surface area contributed by atoms with Gasteiger partial charge in [-0.1, -0.05) is 143 Å². The maximum Gasteiger partial charge on any atom is 0.323 e. The number of hydrogen-bond acceptors (Lipinski definition) is 8. The first-order valence-corrected chi connectivity index (χ1v) is 21.6. The van der Waals surface area contributed by atoms with Gasteiger partial charge in [-0.3, -0.25) is 9.59 Å². The van der Waals surface area contributed by atoms with E-state index in [9.17, 15) is 19.8 Å². The van der Waals surface area contributed by atoms with E-state index in [1.165, 1.54) is 103 Å². The maximum absolute atomic E-state index is 12.8. The Hall–Kier alpha value is -1.22. The number of aliphatic hydroxyl groups excluding tert-OH is 2. The molecule has 0 radical (unpaired) electrons. The standard InChI is InChI=1S/C42H84N2O6/c1-4-7-10-13-16-17-20-26-38-49-42(48)40(43-32-36-45)30-24-21-25-33-44(35-37-46)34-27-31-41(47)50-39(28-22-18-14-11-8-5-2)29-23-19-15-12-9-6-3/h39-40,43,45-46H,4-38H2,1-3H3. The average Bonchev–Trinajstić information content (AvgIpc) is 3.11. The number of ether oxygens (including phenoxy) is 2. The molecule has 0 rings (SSSR count). The molecule has 0 saturated heterocycles. The number of hydrogen-bond donors (Lipinski definition) is 3. The first-order valence-electron chi connectivity index (χ1n) is 21.6. The summed E-state index contributed by atoms with van der Waals surface area (Å²) in [7, 11) is 0. The second-order valence-electron chi connectivity index (χ2n) is 14.6. The van der Waals surface area contributed by atoms with E-state index in [0.717, 1.165) is 77.3 Å². The van der Waals surface area contributed by atoms with E-state index in [0.29, 0.717) is 32.5 Å². The van der Waals surface area contributed by atoms with Crippen molar-refractivity contribution in [3.05, 3.63) is 0 Å². The van der Waals surface area contributed by atoms with Crippen molar-refractivity contribution in [2.45, 2.75) is 213 Å². The lowest BCUT2D eigenvalue weighted by Gasteiger charge is -2.22. The predicted molar refractivity (Wildman–Crippen MR) is 210 cm³/mol. The molecule has 0 amide bonds. The molecule has 0 aromatic carbocycles. The third-order valence-corrected chi connectivity index (χ3v) is 9.83. The minimum Gasteiger partial charge on any atom is -0.465 e. The Morgan fingerprint density at radius 2 is 1.04 bits per heavy atom. The van der Waals surface area contributed by atoms with E-state index < -0.39 is 0 Å². The van der Waals surface area contributed by atoms with Crippen LogP contribution in [0.15, 0.2) is 0 Å². The van der Waals surface area contributed by atoms with Crippen molar-refractivity contribution in [2.75, 3.05) is 46.0 Å². The summed E-state index contributed by atoms with van der Waals surface area (Å²) in [6.07, 6.45) is 31.3. The molecule has 0 bridgehead atoms. The van der Waals surface area contributed by atoms with Crippen molar-refractivity contribution in [1.82, 2.24) is 10.2 Å². The number of aliphatic hydroxyl groups is 2.